The molecule has 0 saturated carbocycles. The number of aliphatic imine (C=N–C) groups is 1. The molecule has 7 aromatic carbocycles. The summed E-state index contributed by atoms with van der Waals surface area (Å²) in [5.74, 6) is 1.71. The summed E-state index contributed by atoms with van der Waals surface area (Å²) in [5.41, 5.74) is 30.1. The molecule has 1 aliphatic rings. The molecule has 0 atom stereocenters. The minimum absolute atomic E-state index is 0.117. The minimum atomic E-state index is -0.490. The zero-order valence-electron chi connectivity index (χ0n) is 60.9. The number of imidazole rings is 1. The van der Waals surface area contributed by atoms with E-state index >= 15 is 0 Å². The molecule has 0 fully saturated rings. The highest BCUT2D eigenvalue weighted by Gasteiger charge is 2.20. The summed E-state index contributed by atoms with van der Waals surface area (Å²) in [4.78, 5) is 75.6. The van der Waals surface area contributed by atoms with Crippen molar-refractivity contribution in [1.29, 1.82) is 0 Å². The van der Waals surface area contributed by atoms with Crippen molar-refractivity contribution in [3.8, 4) is 11.8 Å². The van der Waals surface area contributed by atoms with Gasteiger partial charge in [-0.15, -0.1) is 34.0 Å². The Morgan fingerprint density at radius 2 is 1.08 bits per heavy atom. The molecule has 1 amide bonds. The molecule has 9 heterocycles. The molecule has 27 nitrogen and oxygen atoms in total. The lowest BCUT2D eigenvalue weighted by atomic mass is 10.1. The number of ether oxygens (including phenoxy) is 3. The van der Waals surface area contributed by atoms with Crippen LogP contribution in [0.1, 0.15) is 59.2 Å². The summed E-state index contributed by atoms with van der Waals surface area (Å²) in [6.07, 6.45) is 7.91. The van der Waals surface area contributed by atoms with E-state index in [9.17, 15) is 9.59 Å². The van der Waals surface area contributed by atoms with Gasteiger partial charge in [0.2, 0.25) is 46.8 Å². The molecule has 0 bridgehead atoms. The number of nitrogen functional groups attached to an aromatic ring is 2. The van der Waals surface area contributed by atoms with E-state index < -0.39 is 6.09 Å². The topological polar surface area (TPSA) is 355 Å². The van der Waals surface area contributed by atoms with Crippen LogP contribution in [0.15, 0.2) is 190 Å². The highest BCUT2D eigenvalue weighted by molar-refractivity contribution is 7.21. The summed E-state index contributed by atoms with van der Waals surface area (Å²) >= 11 is 4.69. The van der Waals surface area contributed by atoms with Crippen LogP contribution in [0.4, 0.5) is 39.4 Å². The first-order valence-electron chi connectivity index (χ1n) is 35.1. The van der Waals surface area contributed by atoms with Gasteiger partial charge in [-0.3, -0.25) is 9.79 Å². The second-order valence-corrected chi connectivity index (χ2v) is 28.6. The van der Waals surface area contributed by atoms with Gasteiger partial charge < -0.3 is 75.5 Å². The number of hydrogen-bond donors (Lipinski definition) is 7. The van der Waals surface area contributed by atoms with Crippen molar-refractivity contribution in [3.05, 3.63) is 253 Å². The number of nitrogens with two attached hydrogens (primary N) is 3. The number of aldehydes is 1. The number of H-pyrrole nitrogens is 1. The number of aromatic amines is 1. The van der Waals surface area contributed by atoms with Crippen LogP contribution >= 0.6 is 34.0 Å². The van der Waals surface area contributed by atoms with Crippen molar-refractivity contribution >= 4 is 174 Å². The van der Waals surface area contributed by atoms with Gasteiger partial charge in [0.15, 0.2) is 23.1 Å². The van der Waals surface area contributed by atoms with Crippen LogP contribution in [0, 0.1) is 13.1 Å². The van der Waals surface area contributed by atoms with Gasteiger partial charge in [0.25, 0.3) is 0 Å². The highest BCUT2D eigenvalue weighted by atomic mass is 32.1. The average molecular weight is 1550 g/mol. The predicted molar refractivity (Wildman–Crippen MR) is 444 cm³/mol. The predicted octanol–water partition coefficient (Wildman–Crippen LogP) is 15.0. The number of aliphatic hydroxyl groups excluding tert-OH is 2. The van der Waals surface area contributed by atoms with Gasteiger partial charge >= 0.3 is 6.09 Å². The zero-order valence-corrected chi connectivity index (χ0v) is 63.3. The summed E-state index contributed by atoms with van der Waals surface area (Å²) in [7, 11) is 5.84. The fourth-order valence-corrected chi connectivity index (χ4v) is 14.6. The first kappa shape index (κ1) is 76.7. The van der Waals surface area contributed by atoms with E-state index in [0.29, 0.717) is 115 Å². The number of rotatable bonds is 24. The molecule has 0 spiro atoms. The zero-order chi connectivity index (χ0) is 78.0. The number of carbonyl (C=O) groups excluding carboxylic acids is 2. The standard InChI is InChI=1S/C36H30N8O4S.C21H17N3O2S.C13H14N6O.C12H13NO2S/c1-38-29(33-41-27-5-3-4-6-30(27)48-33)19-26-17-24-11-12-25(18-31(24)49-26)44(2)15-16-46-36(45)40-20-22-7-9-23(10-8-22)21-47-34-32-28(13-14-39-32)42-35(37)43-34;1-22-18(21-23-17-5-3-4-6-19(17)26-21)13-16-11-14-7-8-15(12-20(14)27-16)24(2)9-10-25;14-5-8-1-3-9(4-2-8)6-20-12-10-11(17-7-16-10)18-13(15)19-12;1-13(4-5-14)10-3-2-9-6-11(8-15)16-12(9)7-10/h3-12,14,17-19H,13,15-16,20-21H2,2H3,(H,40,45)(H2,37,42,43);3-8,11-13,25H,9-10H2,2H3;1-4,7H,5-6,14H2,(H3,15,16,17,18,19);2-3,6-8,14H,4-5H2,1H3/b29-19-;18-13-;;. The molecule has 10 N–H and O–H groups in total. The Morgan fingerprint density at radius 3 is 1.60 bits per heavy atom. The second kappa shape index (κ2) is 36.2. The van der Waals surface area contributed by atoms with E-state index in [0.717, 1.165) is 107 Å². The van der Waals surface area contributed by atoms with Gasteiger partial charge in [0.1, 0.15) is 42.1 Å². The number of aliphatic hydroxyl groups is 2. The van der Waals surface area contributed by atoms with Crippen molar-refractivity contribution in [3.63, 3.8) is 0 Å². The molecule has 0 saturated heterocycles. The lowest BCUT2D eigenvalue weighted by molar-refractivity contribution is 0.112. The van der Waals surface area contributed by atoms with Gasteiger partial charge in [-0.2, -0.15) is 15.0 Å². The molecule has 1 aliphatic heterocycles. The number of amides is 1. The first-order chi connectivity index (χ1) is 54.6. The monoisotopic (exact) mass is 1550 g/mol. The van der Waals surface area contributed by atoms with Gasteiger partial charge in [0, 0.05) is 101 Å². The third-order valence-electron chi connectivity index (χ3n) is 17.5. The Morgan fingerprint density at radius 1 is 0.598 bits per heavy atom. The number of likely N-dealkylation sites (N-methyl/N-ethyl adjacent to an activating group) is 3. The average Bonchev–Trinajstić information content (AvgIpc) is 1.67. The van der Waals surface area contributed by atoms with Gasteiger partial charge in [0.05, 0.1) is 49.8 Å². The number of hydrogen-bond acceptors (Lipinski definition) is 26. The molecule has 16 rings (SSSR count). The first-order valence-corrected chi connectivity index (χ1v) is 37.5. The Hall–Kier alpha value is -13.5. The smallest absolute Gasteiger partial charge is 0.407 e. The van der Waals surface area contributed by atoms with Crippen molar-refractivity contribution in [2.75, 3.05) is 86.8 Å². The summed E-state index contributed by atoms with van der Waals surface area (Å²) in [6.45, 7) is 18.9. The van der Waals surface area contributed by atoms with E-state index in [1.807, 2.05) is 188 Å². The number of alkyl carbamates (subject to hydrolysis) is 1. The van der Waals surface area contributed by atoms with E-state index in [4.69, 9.17) is 63.6 Å². The summed E-state index contributed by atoms with van der Waals surface area (Å²) < 4.78 is 31.8. The number of benzene rings is 7. The lowest BCUT2D eigenvalue weighted by Gasteiger charge is -2.19. The third kappa shape index (κ3) is 19.1. The normalized spacial score (nSPS) is 11.6. The number of aromatic nitrogens is 8. The number of nitrogens with zero attached hydrogens (tertiary/aromatic N) is 13. The maximum absolute atomic E-state index is 12.4. The largest absolute Gasteiger partial charge is 0.471 e. The number of carbonyl (C=O) groups is 2. The van der Waals surface area contributed by atoms with E-state index in [-0.39, 0.29) is 31.7 Å². The van der Waals surface area contributed by atoms with Crippen molar-refractivity contribution < 1.29 is 42.8 Å². The minimum Gasteiger partial charge on any atom is -0.471 e. The van der Waals surface area contributed by atoms with E-state index in [1.165, 1.54) is 17.7 Å². The molecule has 0 unspecified atom stereocenters. The highest BCUT2D eigenvalue weighted by Crippen LogP contribution is 2.37. The SMILES string of the molecule is CN(CCO)c1ccc2cc(C=O)sc2c1.NCc1ccc(COc2nc(N)nc3nc[nH]c23)cc1.[C-]#[N+]/C(=C\c1cc2ccc(N(C)CCO)cc2s1)c1nc2ccccc2o1.[C-]#[N+]/C(=C\c1cc2ccc(N(C)CCOC(=O)NCc3ccc(COc4nc(N)nc5c4N=CC5)cc3)cc2s1)c1nc2ccccc2o1. The quantitative estimate of drug-likeness (QED) is 0.0218. The number of thiophene rings is 3. The Bertz CT molecular complexity index is 5970. The number of para-hydroxylation sites is 4. The summed E-state index contributed by atoms with van der Waals surface area (Å²) in [6, 6.07) is 54.9. The molecule has 8 aromatic heterocycles. The molecule has 112 heavy (non-hydrogen) atoms. The van der Waals surface area contributed by atoms with Crippen LogP contribution in [0.5, 0.6) is 11.8 Å². The fraction of sp³-hybridized carbons (Fsp3) is 0.171. The Labute approximate surface area is 653 Å². The van der Waals surface area contributed by atoms with Crippen molar-refractivity contribution in [1.82, 2.24) is 45.2 Å². The van der Waals surface area contributed by atoms with E-state index in [2.05, 4.69) is 84.1 Å². The number of anilines is 5. The Balaban J connectivity index is 0.000000145. The summed E-state index contributed by atoms with van der Waals surface area (Å²) in [5, 5.41) is 24.1. The van der Waals surface area contributed by atoms with E-state index in [1.54, 1.807) is 35.0 Å². The molecular formula is C82H74N18O9S3. The molecule has 15 aromatic rings. The van der Waals surface area contributed by atoms with Crippen LogP contribution in [-0.4, -0.2) is 129 Å². The lowest BCUT2D eigenvalue weighted by Crippen LogP contribution is -2.28. The van der Waals surface area contributed by atoms with Gasteiger partial charge in [-0.1, -0.05) is 91.0 Å². The molecule has 564 valence electrons. The van der Waals surface area contributed by atoms with Crippen molar-refractivity contribution in [2.24, 2.45) is 10.7 Å². The third-order valence-corrected chi connectivity index (χ3v) is 20.7. The second-order valence-electron chi connectivity index (χ2n) is 25.3. The molecule has 0 aliphatic carbocycles. The van der Waals surface area contributed by atoms with Gasteiger partial charge in [-0.25, -0.2) is 34.4 Å². The van der Waals surface area contributed by atoms with Gasteiger partial charge in [-0.05, 0) is 129 Å². The number of oxazole rings is 2. The number of nitrogens with one attached hydrogen (secondary N) is 2. The van der Waals surface area contributed by atoms with Crippen molar-refractivity contribution in [2.45, 2.75) is 32.7 Å². The molecule has 0 radical (unpaired) electrons. The van der Waals surface area contributed by atoms with Crippen LogP contribution in [0.3, 0.4) is 0 Å². The van der Waals surface area contributed by atoms with Crippen LogP contribution < -0.4 is 46.7 Å². The maximum Gasteiger partial charge on any atom is 0.407 e. The van der Waals surface area contributed by atoms with Crippen LogP contribution in [0.25, 0.3) is 96.9 Å². The molecule has 30 heteroatoms. The fourth-order valence-electron chi connectivity index (χ4n) is 11.6. The Kier molecular flexibility index (Phi) is 24.8. The maximum atomic E-state index is 12.4. The van der Waals surface area contributed by atoms with Crippen LogP contribution in [-0.2, 0) is 37.5 Å². The van der Waals surface area contributed by atoms with Crippen LogP contribution in [0.2, 0.25) is 0 Å². The molecular weight excluding hydrogens is 1480 g/mol. The number of fused-ring (bicyclic) bond motifs is 7.